The number of Topliss-reactive ketones (excluding diaryl/α,β-unsaturated/α-hetero) is 1. The van der Waals surface area contributed by atoms with Crippen LogP contribution in [0.1, 0.15) is 36.5 Å². The Labute approximate surface area is 82.8 Å². The third-order valence-corrected chi connectivity index (χ3v) is 2.59. The van der Waals surface area contributed by atoms with Gasteiger partial charge in [0.1, 0.15) is 0 Å². The van der Waals surface area contributed by atoms with Crippen LogP contribution in [0.25, 0.3) is 0 Å². The molecular weight excluding hydrogens is 182 g/mol. The second kappa shape index (κ2) is 5.14. The fourth-order valence-corrected chi connectivity index (χ4v) is 1.81. The lowest BCUT2D eigenvalue weighted by Gasteiger charge is -2.02. The highest BCUT2D eigenvalue weighted by atomic mass is 32.1. The largest absolute Gasteiger partial charge is 0.328 e. The smallest absolute Gasteiger partial charge is 0.163 e. The zero-order valence-corrected chi connectivity index (χ0v) is 8.64. The number of hydrogen-bond donors (Lipinski definition) is 1. The second-order valence-electron chi connectivity index (χ2n) is 3.30. The molecule has 0 aliphatic heterocycles. The average molecular weight is 197 g/mol. The van der Waals surface area contributed by atoms with Crippen molar-refractivity contribution in [3.63, 3.8) is 0 Å². The minimum absolute atomic E-state index is 0.204. The highest BCUT2D eigenvalue weighted by Crippen LogP contribution is 2.11. The summed E-state index contributed by atoms with van der Waals surface area (Å²) >= 11 is 1.56. The molecule has 0 radical (unpaired) electrons. The van der Waals surface area contributed by atoms with Gasteiger partial charge in [0.15, 0.2) is 5.78 Å². The van der Waals surface area contributed by atoms with Gasteiger partial charge in [-0.3, -0.25) is 4.79 Å². The van der Waals surface area contributed by atoms with E-state index in [4.69, 9.17) is 5.73 Å². The number of hydrogen-bond acceptors (Lipinski definition) is 3. The van der Waals surface area contributed by atoms with E-state index in [1.165, 1.54) is 0 Å². The number of ketones is 1. The molecule has 1 unspecified atom stereocenters. The summed E-state index contributed by atoms with van der Waals surface area (Å²) in [5.41, 5.74) is 6.43. The predicted octanol–water partition coefficient (Wildman–Crippen LogP) is 2.45. The molecule has 0 aliphatic rings. The Bertz CT molecular complexity index is 254. The molecule has 3 heteroatoms. The predicted molar refractivity (Wildman–Crippen MR) is 56.1 cm³/mol. The monoisotopic (exact) mass is 197 g/mol. The van der Waals surface area contributed by atoms with Gasteiger partial charge in [-0.05, 0) is 31.2 Å². The molecule has 0 bridgehead atoms. The third-order valence-electron chi connectivity index (χ3n) is 1.91. The van der Waals surface area contributed by atoms with Crippen molar-refractivity contribution in [2.75, 3.05) is 0 Å². The molecule has 0 aromatic carbocycles. The molecule has 0 aliphatic carbocycles. The second-order valence-corrected chi connectivity index (χ2v) is 4.08. The van der Waals surface area contributed by atoms with Gasteiger partial charge >= 0.3 is 0 Å². The lowest BCUT2D eigenvalue weighted by Crippen LogP contribution is -2.14. The molecule has 1 rings (SSSR count). The van der Waals surface area contributed by atoms with E-state index < -0.39 is 0 Å². The zero-order valence-electron chi connectivity index (χ0n) is 7.82. The number of nitrogens with two attached hydrogens (primary N) is 1. The Morgan fingerprint density at radius 2 is 2.46 bits per heavy atom. The molecule has 0 amide bonds. The first-order valence-corrected chi connectivity index (χ1v) is 5.45. The SMILES string of the molecule is CC(N)CCCC(=O)c1ccsc1. The Morgan fingerprint density at radius 1 is 1.69 bits per heavy atom. The molecule has 0 spiro atoms. The standard InChI is InChI=1S/C10H15NOS/c1-8(11)3-2-4-10(12)9-5-6-13-7-9/h5-8H,2-4,11H2,1H3. The van der Waals surface area contributed by atoms with E-state index in [0.29, 0.717) is 6.42 Å². The van der Waals surface area contributed by atoms with Gasteiger partial charge in [-0.2, -0.15) is 11.3 Å². The van der Waals surface area contributed by atoms with E-state index in [1.807, 2.05) is 23.8 Å². The minimum Gasteiger partial charge on any atom is -0.328 e. The lowest BCUT2D eigenvalue weighted by molar-refractivity contribution is 0.0979. The van der Waals surface area contributed by atoms with Crippen molar-refractivity contribution < 1.29 is 4.79 Å². The summed E-state index contributed by atoms with van der Waals surface area (Å²) in [6.07, 6.45) is 2.44. The van der Waals surface area contributed by atoms with E-state index >= 15 is 0 Å². The molecule has 72 valence electrons. The van der Waals surface area contributed by atoms with Crippen molar-refractivity contribution in [1.82, 2.24) is 0 Å². The maximum Gasteiger partial charge on any atom is 0.163 e. The van der Waals surface area contributed by atoms with Crippen LogP contribution in [-0.2, 0) is 0 Å². The zero-order chi connectivity index (χ0) is 9.68. The fourth-order valence-electron chi connectivity index (χ4n) is 1.15. The van der Waals surface area contributed by atoms with Crippen LogP contribution in [0, 0.1) is 0 Å². The fraction of sp³-hybridized carbons (Fsp3) is 0.500. The minimum atomic E-state index is 0.204. The van der Waals surface area contributed by atoms with Crippen molar-refractivity contribution in [2.24, 2.45) is 5.73 Å². The van der Waals surface area contributed by atoms with Crippen LogP contribution in [0.5, 0.6) is 0 Å². The molecule has 1 atom stereocenters. The Morgan fingerprint density at radius 3 is 3.00 bits per heavy atom. The van der Waals surface area contributed by atoms with Crippen LogP contribution in [0.2, 0.25) is 0 Å². The van der Waals surface area contributed by atoms with Crippen LogP contribution in [0.15, 0.2) is 16.8 Å². The summed E-state index contributed by atoms with van der Waals surface area (Å²) in [4.78, 5) is 11.5. The van der Waals surface area contributed by atoms with Crippen molar-refractivity contribution in [1.29, 1.82) is 0 Å². The summed E-state index contributed by atoms with van der Waals surface area (Å²) in [5.74, 6) is 0.238. The Hall–Kier alpha value is -0.670. The molecule has 1 aromatic rings. The maximum absolute atomic E-state index is 11.5. The van der Waals surface area contributed by atoms with Crippen molar-refractivity contribution in [3.8, 4) is 0 Å². The van der Waals surface area contributed by atoms with Crippen LogP contribution < -0.4 is 5.73 Å². The van der Waals surface area contributed by atoms with Crippen LogP contribution >= 0.6 is 11.3 Å². The van der Waals surface area contributed by atoms with Crippen molar-refractivity contribution >= 4 is 17.1 Å². The quantitative estimate of drug-likeness (QED) is 0.737. The summed E-state index contributed by atoms with van der Waals surface area (Å²) < 4.78 is 0. The first-order valence-electron chi connectivity index (χ1n) is 4.51. The van der Waals surface area contributed by atoms with Gasteiger partial charge in [0.2, 0.25) is 0 Å². The van der Waals surface area contributed by atoms with Gasteiger partial charge < -0.3 is 5.73 Å². The van der Waals surface area contributed by atoms with Gasteiger partial charge in [0.25, 0.3) is 0 Å². The van der Waals surface area contributed by atoms with Gasteiger partial charge in [0.05, 0.1) is 0 Å². The van der Waals surface area contributed by atoms with E-state index in [-0.39, 0.29) is 11.8 Å². The summed E-state index contributed by atoms with van der Waals surface area (Å²) in [7, 11) is 0. The maximum atomic E-state index is 11.5. The van der Waals surface area contributed by atoms with Gasteiger partial charge in [-0.1, -0.05) is 0 Å². The molecule has 2 N–H and O–H groups in total. The van der Waals surface area contributed by atoms with E-state index in [0.717, 1.165) is 18.4 Å². The normalized spacial score (nSPS) is 12.8. The Kier molecular flexibility index (Phi) is 4.12. The highest BCUT2D eigenvalue weighted by Gasteiger charge is 2.05. The highest BCUT2D eigenvalue weighted by molar-refractivity contribution is 7.08. The van der Waals surface area contributed by atoms with E-state index in [2.05, 4.69) is 0 Å². The summed E-state index contributed by atoms with van der Waals surface area (Å²) in [6.45, 7) is 1.97. The topological polar surface area (TPSA) is 43.1 Å². The van der Waals surface area contributed by atoms with Gasteiger partial charge in [-0.25, -0.2) is 0 Å². The van der Waals surface area contributed by atoms with Crippen LogP contribution in [-0.4, -0.2) is 11.8 Å². The molecule has 0 fully saturated rings. The lowest BCUT2D eigenvalue weighted by atomic mass is 10.1. The van der Waals surface area contributed by atoms with Crippen LogP contribution in [0.3, 0.4) is 0 Å². The van der Waals surface area contributed by atoms with Gasteiger partial charge in [-0.15, -0.1) is 0 Å². The number of thiophene rings is 1. The molecule has 0 saturated heterocycles. The number of carbonyl (C=O) groups is 1. The molecule has 2 nitrogen and oxygen atoms in total. The first kappa shape index (κ1) is 10.4. The van der Waals surface area contributed by atoms with Crippen LogP contribution in [0.4, 0.5) is 0 Å². The number of rotatable bonds is 5. The molecule has 13 heavy (non-hydrogen) atoms. The molecular formula is C10H15NOS. The first-order chi connectivity index (χ1) is 6.20. The summed E-state index contributed by atoms with van der Waals surface area (Å²) in [6, 6.07) is 2.08. The Balaban J connectivity index is 2.27. The molecule has 0 saturated carbocycles. The van der Waals surface area contributed by atoms with E-state index in [1.54, 1.807) is 11.3 Å². The number of carbonyl (C=O) groups excluding carboxylic acids is 1. The summed E-state index contributed by atoms with van der Waals surface area (Å²) in [5, 5.41) is 3.83. The third kappa shape index (κ3) is 3.70. The van der Waals surface area contributed by atoms with E-state index in [9.17, 15) is 4.79 Å². The van der Waals surface area contributed by atoms with Crippen molar-refractivity contribution in [3.05, 3.63) is 22.4 Å². The molecule has 1 aromatic heterocycles. The van der Waals surface area contributed by atoms with Crippen molar-refractivity contribution in [2.45, 2.75) is 32.2 Å². The average Bonchev–Trinajstić information content (AvgIpc) is 2.55. The van der Waals surface area contributed by atoms with Gasteiger partial charge in [0, 0.05) is 23.4 Å². The molecule has 1 heterocycles.